The Hall–Kier alpha value is -4.66. The van der Waals surface area contributed by atoms with Crippen LogP contribution < -0.4 is 53.7 Å². The predicted octanol–water partition coefficient (Wildman–Crippen LogP) is -3.01. The van der Waals surface area contributed by atoms with E-state index in [4.69, 9.17) is 10.9 Å². The van der Waals surface area contributed by atoms with Crippen LogP contribution in [0, 0.1) is 11.8 Å². The van der Waals surface area contributed by atoms with Gasteiger partial charge < -0.3 is 48.3 Å². The van der Waals surface area contributed by atoms with E-state index >= 15 is 0 Å². The second-order valence-electron chi connectivity index (χ2n) is 13.3. The van der Waals surface area contributed by atoms with E-state index in [0.717, 1.165) is 25.0 Å². The van der Waals surface area contributed by atoms with Crippen LogP contribution in [0.3, 0.4) is 0 Å². The van der Waals surface area contributed by atoms with Crippen LogP contribution >= 0.6 is 11.8 Å². The molecule has 298 valence electrons. The minimum absolute atomic E-state index is 0.0668. The highest BCUT2D eigenvalue weighted by Crippen LogP contribution is 2.33. The first-order valence-corrected chi connectivity index (χ1v) is 18.8. The number of carbonyl (C=O) groups excluding carboxylic acids is 9. The molecule has 10 amide bonds. The summed E-state index contributed by atoms with van der Waals surface area (Å²) in [6, 6.07) is -0.785. The number of rotatable bonds is 25. The van der Waals surface area contributed by atoms with Crippen molar-refractivity contribution in [1.29, 1.82) is 0 Å². The van der Waals surface area contributed by atoms with Crippen LogP contribution in [0.1, 0.15) is 71.6 Å². The summed E-state index contributed by atoms with van der Waals surface area (Å²) >= 11 is 1.84. The number of fused-ring (bicyclic) bond motifs is 1. The fourth-order valence-electron chi connectivity index (χ4n) is 5.75. The molecule has 0 aromatic carbocycles. The van der Waals surface area contributed by atoms with Crippen LogP contribution in [0.15, 0.2) is 0 Å². The lowest BCUT2D eigenvalue weighted by molar-refractivity contribution is -0.135. The van der Waals surface area contributed by atoms with Crippen LogP contribution in [0.2, 0.25) is 0 Å². The number of primary amides is 1. The standard InChI is InChI=1S/C32H54N10O10S/c1-18(2)11-19(12-24(44)42-52)31(50)38-15-27(47)36-13-25(45)35-14-26(46)37-16-28(48)39-20(30(33)49)7-5-6-10-34-23(43)9-4-3-8-22-29-21(17-53-22)40-32(51)41-29/h18-22,29,52H,3-17H2,1-2H3,(H2,33,49)(H,34,43)(H,35,45)(H,36,47)(H,37,46)(H,38,50)(H,39,48)(H,42,44)(H2,40,41,51)/t19?,20-,21-,22-,29-/m0/s1. The molecule has 2 heterocycles. The molecule has 5 atom stereocenters. The summed E-state index contributed by atoms with van der Waals surface area (Å²) in [6.45, 7) is 2.12. The molecule has 2 fully saturated rings. The Balaban J connectivity index is 1.53. The lowest BCUT2D eigenvalue weighted by atomic mass is 9.93. The van der Waals surface area contributed by atoms with Crippen molar-refractivity contribution in [2.45, 2.75) is 95.0 Å². The first kappa shape index (κ1) is 44.5. The Labute approximate surface area is 312 Å². The molecule has 0 aromatic heterocycles. The third-order valence-corrected chi connectivity index (χ3v) is 9.95. The van der Waals surface area contributed by atoms with Gasteiger partial charge in [-0.3, -0.25) is 43.6 Å². The Bertz CT molecular complexity index is 1320. The van der Waals surface area contributed by atoms with Gasteiger partial charge in [0, 0.05) is 36.3 Å². The molecule has 0 bridgehead atoms. The van der Waals surface area contributed by atoms with E-state index in [-0.39, 0.29) is 42.8 Å². The third kappa shape index (κ3) is 18.1. The number of urea groups is 1. The molecule has 2 rings (SSSR count). The van der Waals surface area contributed by atoms with Gasteiger partial charge in [-0.05, 0) is 44.4 Å². The normalized spacial score (nSPS) is 18.3. The molecule has 0 aromatic rings. The van der Waals surface area contributed by atoms with Crippen molar-refractivity contribution in [2.24, 2.45) is 17.6 Å². The quantitative estimate of drug-likeness (QED) is 0.0192. The molecule has 12 N–H and O–H groups in total. The van der Waals surface area contributed by atoms with Crippen molar-refractivity contribution < 1.29 is 48.4 Å². The fourth-order valence-corrected chi connectivity index (χ4v) is 7.30. The number of hydrogen-bond donors (Lipinski definition) is 11. The predicted molar refractivity (Wildman–Crippen MR) is 191 cm³/mol. The van der Waals surface area contributed by atoms with E-state index in [2.05, 4.69) is 42.5 Å². The maximum atomic E-state index is 12.4. The van der Waals surface area contributed by atoms with Crippen molar-refractivity contribution in [2.75, 3.05) is 38.5 Å². The highest BCUT2D eigenvalue weighted by atomic mass is 32.2. The van der Waals surface area contributed by atoms with Gasteiger partial charge >= 0.3 is 6.03 Å². The zero-order valence-electron chi connectivity index (χ0n) is 30.2. The molecular weight excluding hydrogens is 716 g/mol. The molecule has 1 unspecified atom stereocenters. The molecule has 0 aliphatic carbocycles. The summed E-state index contributed by atoms with van der Waals surface area (Å²) in [5, 5.41) is 29.4. The molecule has 21 heteroatoms. The highest BCUT2D eigenvalue weighted by Gasteiger charge is 2.42. The number of amides is 10. The number of hydroxylamine groups is 1. The van der Waals surface area contributed by atoms with Crippen molar-refractivity contribution in [3.8, 4) is 0 Å². The van der Waals surface area contributed by atoms with Crippen molar-refractivity contribution >= 4 is 65.1 Å². The second kappa shape index (κ2) is 23.8. The van der Waals surface area contributed by atoms with Crippen molar-refractivity contribution in [3.63, 3.8) is 0 Å². The van der Waals surface area contributed by atoms with Crippen LogP contribution in [0.4, 0.5) is 4.79 Å². The zero-order chi connectivity index (χ0) is 39.3. The molecule has 2 aliphatic rings. The number of carbonyl (C=O) groups is 9. The minimum atomic E-state index is -0.989. The Morgan fingerprint density at radius 2 is 1.42 bits per heavy atom. The smallest absolute Gasteiger partial charge is 0.315 e. The molecule has 0 radical (unpaired) electrons. The fraction of sp³-hybridized carbons (Fsp3) is 0.719. The van der Waals surface area contributed by atoms with Crippen LogP contribution in [0.5, 0.6) is 0 Å². The number of unbranched alkanes of at least 4 members (excludes halogenated alkanes) is 2. The first-order chi connectivity index (χ1) is 25.2. The van der Waals surface area contributed by atoms with Gasteiger partial charge in [0.2, 0.25) is 47.3 Å². The molecule has 2 saturated heterocycles. The minimum Gasteiger partial charge on any atom is -0.368 e. The second-order valence-corrected chi connectivity index (χ2v) is 14.6. The largest absolute Gasteiger partial charge is 0.368 e. The van der Waals surface area contributed by atoms with Gasteiger partial charge in [0.1, 0.15) is 6.04 Å². The Kier molecular flexibility index (Phi) is 20.0. The van der Waals surface area contributed by atoms with Gasteiger partial charge in [0.15, 0.2) is 0 Å². The van der Waals surface area contributed by atoms with Gasteiger partial charge in [0.05, 0.1) is 38.3 Å². The average molecular weight is 771 g/mol. The van der Waals surface area contributed by atoms with E-state index < -0.39 is 79.5 Å². The van der Waals surface area contributed by atoms with Gasteiger partial charge in [-0.25, -0.2) is 10.3 Å². The highest BCUT2D eigenvalue weighted by molar-refractivity contribution is 8.00. The maximum Gasteiger partial charge on any atom is 0.315 e. The maximum absolute atomic E-state index is 12.4. The Morgan fingerprint density at radius 1 is 0.792 bits per heavy atom. The molecule has 0 spiro atoms. The molecule has 20 nitrogen and oxygen atoms in total. The molecule has 53 heavy (non-hydrogen) atoms. The first-order valence-electron chi connectivity index (χ1n) is 17.7. The van der Waals surface area contributed by atoms with Crippen LogP contribution in [-0.2, 0) is 38.4 Å². The topological polar surface area (TPSA) is 308 Å². The average Bonchev–Trinajstić information content (AvgIpc) is 3.67. The zero-order valence-corrected chi connectivity index (χ0v) is 31.0. The van der Waals surface area contributed by atoms with Crippen LogP contribution in [0.25, 0.3) is 0 Å². The molecule has 2 aliphatic heterocycles. The summed E-state index contributed by atoms with van der Waals surface area (Å²) in [5.41, 5.74) is 6.88. The van der Waals surface area contributed by atoms with E-state index in [1.165, 1.54) is 5.48 Å². The lowest BCUT2D eigenvalue weighted by Gasteiger charge is -2.17. The van der Waals surface area contributed by atoms with E-state index in [1.54, 1.807) is 0 Å². The summed E-state index contributed by atoms with van der Waals surface area (Å²) in [7, 11) is 0. The summed E-state index contributed by atoms with van der Waals surface area (Å²) in [4.78, 5) is 108. The number of thioether (sulfide) groups is 1. The monoisotopic (exact) mass is 770 g/mol. The van der Waals surface area contributed by atoms with Gasteiger partial charge in [-0.1, -0.05) is 20.3 Å². The van der Waals surface area contributed by atoms with Crippen LogP contribution in [-0.4, -0.2) is 120 Å². The summed E-state index contributed by atoms with van der Waals surface area (Å²) < 4.78 is 0. The van der Waals surface area contributed by atoms with Gasteiger partial charge in [0.25, 0.3) is 0 Å². The third-order valence-electron chi connectivity index (χ3n) is 8.45. The molecular formula is C32H54N10O10S. The number of nitrogens with one attached hydrogen (secondary N) is 9. The SMILES string of the molecule is CC(C)CC(CC(=O)NO)C(=O)NCC(=O)NCC(=O)NCC(=O)NCC(=O)N[C@@H](CCCCNC(=O)CCCC[C@@H]1SC[C@@H]2NC(=O)N[C@@H]21)C(N)=O. The van der Waals surface area contributed by atoms with Gasteiger partial charge in [-0.15, -0.1) is 0 Å². The van der Waals surface area contributed by atoms with Crippen molar-refractivity contribution in [3.05, 3.63) is 0 Å². The number of hydrogen-bond acceptors (Lipinski definition) is 11. The van der Waals surface area contributed by atoms with Crippen molar-refractivity contribution in [1.82, 2.24) is 48.0 Å². The summed E-state index contributed by atoms with van der Waals surface area (Å²) in [5.74, 6) is -4.76. The molecule has 0 saturated carbocycles. The van der Waals surface area contributed by atoms with E-state index in [0.29, 0.717) is 37.5 Å². The lowest BCUT2D eigenvalue weighted by Crippen LogP contribution is -2.49. The van der Waals surface area contributed by atoms with Gasteiger partial charge in [-0.2, -0.15) is 11.8 Å². The van der Waals surface area contributed by atoms with E-state index in [1.807, 2.05) is 25.6 Å². The Morgan fingerprint density at radius 3 is 2.02 bits per heavy atom. The summed E-state index contributed by atoms with van der Waals surface area (Å²) in [6.07, 6.45) is 4.25. The number of nitrogens with two attached hydrogens (primary N) is 1. The van der Waals surface area contributed by atoms with E-state index in [9.17, 15) is 43.2 Å².